The van der Waals surface area contributed by atoms with E-state index >= 15 is 0 Å². The molecule has 0 saturated carbocycles. The third-order valence-corrected chi connectivity index (χ3v) is 0.919. The monoisotopic (exact) mass is 149 g/mol. The van der Waals surface area contributed by atoms with E-state index in [0.29, 0.717) is 25.4 Å². The number of carbonyl (C=O) groups excluding carboxylic acids is 1. The molecule has 0 fully saturated rings. The number of isocyanates is 1. The van der Waals surface area contributed by atoms with E-state index in [2.05, 4.69) is 13.3 Å². The molecule has 0 aliphatic carbocycles. The molecule has 52 valence electrons. The average molecular weight is 149 g/mol. The molecule has 0 bridgehead atoms. The summed E-state index contributed by atoms with van der Waals surface area (Å²) in [5, 5.41) is 0. The molecule has 0 rings (SSSR count). The third kappa shape index (κ3) is 7.65. The van der Waals surface area contributed by atoms with E-state index in [9.17, 15) is 4.79 Å². The normalized spacial score (nSPS) is 8.56. The summed E-state index contributed by atoms with van der Waals surface area (Å²) < 4.78 is 12.4. The summed E-state index contributed by atoms with van der Waals surface area (Å²) in [7, 11) is 1.57. The van der Waals surface area contributed by atoms with Gasteiger partial charge in [-0.15, -0.1) is 4.40 Å². The summed E-state index contributed by atoms with van der Waals surface area (Å²) in [5.41, 5.74) is 0. The Labute approximate surface area is 57.6 Å². The van der Waals surface area contributed by atoms with Crippen LogP contribution in [0.5, 0.6) is 0 Å². The fourth-order valence-corrected chi connectivity index (χ4v) is 0.422. The van der Waals surface area contributed by atoms with Crippen LogP contribution in [0.2, 0.25) is 0 Å². The van der Waals surface area contributed by atoms with Gasteiger partial charge in [0.1, 0.15) is 12.2 Å². The van der Waals surface area contributed by atoms with Crippen LogP contribution in [0.3, 0.4) is 0 Å². The van der Waals surface area contributed by atoms with Crippen LogP contribution in [-0.2, 0) is 13.7 Å². The van der Waals surface area contributed by atoms with Gasteiger partial charge < -0.3 is 4.74 Å². The van der Waals surface area contributed by atoms with Gasteiger partial charge in [0.25, 0.3) is 0 Å². The standard InChI is InChI=1S/C4H7NO3S/c1-7-2-3-8-9-5-4-6/h2-3H2,1H3. The van der Waals surface area contributed by atoms with E-state index < -0.39 is 0 Å². The van der Waals surface area contributed by atoms with Crippen molar-refractivity contribution in [2.75, 3.05) is 20.3 Å². The van der Waals surface area contributed by atoms with Crippen molar-refractivity contribution in [2.45, 2.75) is 0 Å². The Morgan fingerprint density at radius 3 is 3.00 bits per heavy atom. The molecule has 0 unspecified atom stereocenters. The topological polar surface area (TPSA) is 47.9 Å². The molecule has 9 heavy (non-hydrogen) atoms. The van der Waals surface area contributed by atoms with Gasteiger partial charge in [0.15, 0.2) is 0 Å². The smallest absolute Gasteiger partial charge is 0.249 e. The van der Waals surface area contributed by atoms with Gasteiger partial charge in [-0.1, -0.05) is 0 Å². The maximum Gasteiger partial charge on any atom is 0.249 e. The SMILES string of the molecule is COCCOSN=C=O. The lowest BCUT2D eigenvalue weighted by Crippen LogP contribution is -1.95. The predicted molar refractivity (Wildman–Crippen MR) is 33.5 cm³/mol. The van der Waals surface area contributed by atoms with Crippen LogP contribution < -0.4 is 0 Å². The van der Waals surface area contributed by atoms with E-state index in [1.165, 1.54) is 6.08 Å². The van der Waals surface area contributed by atoms with Crippen molar-refractivity contribution in [3.05, 3.63) is 0 Å². The van der Waals surface area contributed by atoms with E-state index in [0.717, 1.165) is 0 Å². The van der Waals surface area contributed by atoms with Crippen molar-refractivity contribution in [1.29, 1.82) is 0 Å². The van der Waals surface area contributed by atoms with Gasteiger partial charge >= 0.3 is 0 Å². The van der Waals surface area contributed by atoms with Crippen molar-refractivity contribution < 1.29 is 13.7 Å². The fraction of sp³-hybridized carbons (Fsp3) is 0.750. The van der Waals surface area contributed by atoms with Crippen molar-refractivity contribution in [2.24, 2.45) is 4.40 Å². The van der Waals surface area contributed by atoms with Gasteiger partial charge in [0, 0.05) is 7.11 Å². The first-order valence-corrected chi connectivity index (χ1v) is 2.96. The second-order valence-corrected chi connectivity index (χ2v) is 1.64. The van der Waals surface area contributed by atoms with Crippen molar-refractivity contribution >= 4 is 18.3 Å². The summed E-state index contributed by atoms with van der Waals surface area (Å²) in [5.74, 6) is 0. The summed E-state index contributed by atoms with van der Waals surface area (Å²) in [6.45, 7) is 0.924. The number of rotatable bonds is 5. The zero-order valence-corrected chi connectivity index (χ0v) is 5.81. The lowest BCUT2D eigenvalue weighted by Gasteiger charge is -1.93. The Balaban J connectivity index is 2.82. The number of ether oxygens (including phenoxy) is 1. The first kappa shape index (κ1) is 8.65. The maximum absolute atomic E-state index is 9.41. The molecular formula is C4H7NO3S. The molecule has 0 spiro atoms. The van der Waals surface area contributed by atoms with Gasteiger partial charge in [-0.05, 0) is 0 Å². The zero-order valence-electron chi connectivity index (χ0n) is 4.99. The molecule has 0 aliphatic rings. The summed E-state index contributed by atoms with van der Waals surface area (Å²) in [6.07, 6.45) is 1.32. The molecule has 0 atom stereocenters. The Morgan fingerprint density at radius 2 is 2.44 bits per heavy atom. The zero-order chi connectivity index (χ0) is 6.95. The largest absolute Gasteiger partial charge is 0.382 e. The number of nitrogens with zero attached hydrogens (tertiary/aromatic N) is 1. The van der Waals surface area contributed by atoms with Gasteiger partial charge in [-0.3, -0.25) is 4.18 Å². The minimum Gasteiger partial charge on any atom is -0.382 e. The van der Waals surface area contributed by atoms with Crippen LogP contribution in [-0.4, -0.2) is 26.4 Å². The summed E-state index contributed by atoms with van der Waals surface area (Å²) >= 11 is 0.715. The van der Waals surface area contributed by atoms with Crippen LogP contribution in [0.15, 0.2) is 4.40 Å². The number of hydrogen-bond donors (Lipinski definition) is 0. The Hall–Kier alpha value is -0.350. The van der Waals surface area contributed by atoms with Gasteiger partial charge in [0.05, 0.1) is 13.2 Å². The highest BCUT2D eigenvalue weighted by molar-refractivity contribution is 7.93. The minimum absolute atomic E-state index is 0.423. The van der Waals surface area contributed by atoms with E-state index in [4.69, 9.17) is 0 Å². The average Bonchev–Trinajstić information content (AvgIpc) is 1.89. The van der Waals surface area contributed by atoms with Gasteiger partial charge in [0.2, 0.25) is 6.08 Å². The van der Waals surface area contributed by atoms with Gasteiger partial charge in [-0.2, -0.15) is 0 Å². The van der Waals surface area contributed by atoms with E-state index in [1.54, 1.807) is 7.11 Å². The van der Waals surface area contributed by atoms with Crippen LogP contribution in [0, 0.1) is 0 Å². The molecular weight excluding hydrogens is 142 g/mol. The molecule has 0 aromatic rings. The second-order valence-electron chi connectivity index (χ2n) is 1.07. The molecule has 0 heterocycles. The lowest BCUT2D eigenvalue weighted by molar-refractivity contribution is 0.157. The predicted octanol–water partition coefficient (Wildman–Crippen LogP) is 0.548. The minimum atomic E-state index is 0.423. The molecule has 0 saturated heterocycles. The fourth-order valence-electron chi connectivity index (χ4n) is 0.196. The molecule has 4 nitrogen and oxygen atoms in total. The maximum atomic E-state index is 9.41. The van der Waals surface area contributed by atoms with Crippen LogP contribution in [0.25, 0.3) is 0 Å². The van der Waals surface area contributed by atoms with E-state index in [-0.39, 0.29) is 0 Å². The number of hydrogen-bond acceptors (Lipinski definition) is 5. The van der Waals surface area contributed by atoms with Crippen LogP contribution in [0.1, 0.15) is 0 Å². The molecule has 0 aromatic heterocycles. The van der Waals surface area contributed by atoms with Crippen LogP contribution in [0.4, 0.5) is 0 Å². The van der Waals surface area contributed by atoms with E-state index in [1.807, 2.05) is 0 Å². The van der Waals surface area contributed by atoms with Crippen LogP contribution >= 0.6 is 12.2 Å². The third-order valence-electron chi connectivity index (χ3n) is 0.498. The second kappa shape index (κ2) is 7.65. The Bertz CT molecular complexity index is 102. The molecule has 0 aliphatic heterocycles. The van der Waals surface area contributed by atoms with Crippen molar-refractivity contribution in [3.63, 3.8) is 0 Å². The molecule has 0 radical (unpaired) electrons. The summed E-state index contributed by atoms with van der Waals surface area (Å²) in [4.78, 5) is 9.41. The molecule has 0 N–H and O–H groups in total. The Morgan fingerprint density at radius 1 is 1.67 bits per heavy atom. The van der Waals surface area contributed by atoms with Crippen molar-refractivity contribution in [3.8, 4) is 0 Å². The quantitative estimate of drug-likeness (QED) is 0.188. The van der Waals surface area contributed by atoms with Crippen molar-refractivity contribution in [1.82, 2.24) is 0 Å². The summed E-state index contributed by atoms with van der Waals surface area (Å²) in [6, 6.07) is 0. The molecule has 0 amide bonds. The Kier molecular flexibility index (Phi) is 7.35. The van der Waals surface area contributed by atoms with Gasteiger partial charge in [-0.25, -0.2) is 4.79 Å². The lowest BCUT2D eigenvalue weighted by atomic mass is 10.8. The highest BCUT2D eigenvalue weighted by Crippen LogP contribution is 2.00. The first-order valence-electron chi connectivity index (χ1n) is 2.26. The molecule has 0 aromatic carbocycles. The first-order chi connectivity index (χ1) is 4.41. The highest BCUT2D eigenvalue weighted by Gasteiger charge is 1.83. The number of methoxy groups -OCH3 is 1. The highest BCUT2D eigenvalue weighted by atomic mass is 32.2. The molecule has 5 heteroatoms.